The molecule has 0 aliphatic rings. The zero-order valence-corrected chi connectivity index (χ0v) is 14.0. The highest BCUT2D eigenvalue weighted by Crippen LogP contribution is 2.12. The van der Waals surface area contributed by atoms with Crippen LogP contribution in [0.1, 0.15) is 16.1 Å². The number of nitrogens with zero attached hydrogens (tertiary/aromatic N) is 2. The third-order valence-corrected chi connectivity index (χ3v) is 3.70. The van der Waals surface area contributed by atoms with Crippen LogP contribution in [0.5, 0.6) is 0 Å². The van der Waals surface area contributed by atoms with Gasteiger partial charge in [0.2, 0.25) is 0 Å². The Morgan fingerprint density at radius 1 is 0.962 bits per heavy atom. The predicted octanol–water partition coefficient (Wildman–Crippen LogP) is 1.41. The van der Waals surface area contributed by atoms with Crippen LogP contribution in [0.25, 0.3) is 16.8 Å². The van der Waals surface area contributed by atoms with Crippen LogP contribution in [0.15, 0.2) is 65.5 Å². The molecular formula is C19H16N4O3. The summed E-state index contributed by atoms with van der Waals surface area (Å²) in [6, 6.07) is 16.0. The van der Waals surface area contributed by atoms with Gasteiger partial charge in [0.1, 0.15) is 0 Å². The second kappa shape index (κ2) is 7.43. The molecule has 0 aliphatic carbocycles. The van der Waals surface area contributed by atoms with Crippen LogP contribution in [0.2, 0.25) is 0 Å². The zero-order valence-electron chi connectivity index (χ0n) is 14.0. The lowest BCUT2D eigenvalue weighted by molar-refractivity contribution is -0.117. The van der Waals surface area contributed by atoms with Gasteiger partial charge >= 0.3 is 0 Å². The van der Waals surface area contributed by atoms with E-state index in [1.165, 1.54) is 13.1 Å². The van der Waals surface area contributed by atoms with Crippen molar-refractivity contribution < 1.29 is 9.59 Å². The lowest BCUT2D eigenvalue weighted by Gasteiger charge is -2.08. The Kier molecular flexibility index (Phi) is 4.89. The molecule has 130 valence electrons. The summed E-state index contributed by atoms with van der Waals surface area (Å²) >= 11 is 0. The Morgan fingerprint density at radius 2 is 1.62 bits per heavy atom. The summed E-state index contributed by atoms with van der Waals surface area (Å²) in [7, 11) is 1.47. The second-order valence-electron chi connectivity index (χ2n) is 5.51. The van der Waals surface area contributed by atoms with Crippen molar-refractivity contribution in [2.45, 2.75) is 0 Å². The van der Waals surface area contributed by atoms with Crippen molar-refractivity contribution >= 4 is 28.7 Å². The topological polar surface area (TPSA) is 93.1 Å². The maximum Gasteiger partial charge on any atom is 0.290 e. The number of hydrogen-bond donors (Lipinski definition) is 2. The third kappa shape index (κ3) is 3.67. The standard InChI is InChI=1S/C19H16N4O3/c1-23-19(26)15-10-6-5-9-14(15)17(22-23)18(25)21-20-16(24)12-11-13-7-3-2-4-8-13/h2-12H,1H3,(H,20,24)(H,21,25)/b12-11-. The van der Waals surface area contributed by atoms with Gasteiger partial charge in [-0.15, -0.1) is 0 Å². The van der Waals surface area contributed by atoms with E-state index >= 15 is 0 Å². The molecule has 7 nitrogen and oxygen atoms in total. The Hall–Kier alpha value is -3.74. The van der Waals surface area contributed by atoms with Crippen LogP contribution in [0, 0.1) is 0 Å². The van der Waals surface area contributed by atoms with Gasteiger partial charge < -0.3 is 0 Å². The number of fused-ring (bicyclic) bond motifs is 1. The molecular weight excluding hydrogens is 332 g/mol. The lowest BCUT2D eigenvalue weighted by atomic mass is 10.1. The van der Waals surface area contributed by atoms with Crippen LogP contribution in [0.4, 0.5) is 0 Å². The van der Waals surface area contributed by atoms with Gasteiger partial charge in [-0.2, -0.15) is 5.10 Å². The summed E-state index contributed by atoms with van der Waals surface area (Å²) in [5.41, 5.74) is 5.22. The molecule has 0 radical (unpaired) electrons. The molecule has 0 spiro atoms. The molecule has 3 rings (SSSR count). The minimum Gasteiger partial charge on any atom is -0.268 e. The number of benzene rings is 2. The average molecular weight is 348 g/mol. The highest BCUT2D eigenvalue weighted by molar-refractivity contribution is 6.05. The fourth-order valence-corrected chi connectivity index (χ4v) is 2.42. The van der Waals surface area contributed by atoms with Gasteiger partial charge in [0, 0.05) is 18.5 Å². The van der Waals surface area contributed by atoms with E-state index in [0.717, 1.165) is 10.2 Å². The quantitative estimate of drug-likeness (QED) is 0.553. The molecule has 7 heteroatoms. The van der Waals surface area contributed by atoms with Gasteiger partial charge in [0.25, 0.3) is 17.4 Å². The first-order valence-electron chi connectivity index (χ1n) is 7.86. The summed E-state index contributed by atoms with van der Waals surface area (Å²) in [5.74, 6) is -1.10. The van der Waals surface area contributed by atoms with Gasteiger partial charge in [0.05, 0.1) is 5.39 Å². The number of nitrogens with one attached hydrogen (secondary N) is 2. The highest BCUT2D eigenvalue weighted by Gasteiger charge is 2.15. The number of carbonyl (C=O) groups excluding carboxylic acids is 2. The molecule has 3 aromatic rings. The predicted molar refractivity (Wildman–Crippen MR) is 98.1 cm³/mol. The third-order valence-electron chi connectivity index (χ3n) is 3.70. The summed E-state index contributed by atoms with van der Waals surface area (Å²) in [6.07, 6.45) is 2.93. The summed E-state index contributed by atoms with van der Waals surface area (Å²) < 4.78 is 1.09. The maximum absolute atomic E-state index is 12.4. The molecule has 1 aromatic heterocycles. The Labute approximate surface area is 148 Å². The van der Waals surface area contributed by atoms with Crippen molar-refractivity contribution in [3.05, 3.63) is 82.3 Å². The van der Waals surface area contributed by atoms with E-state index in [4.69, 9.17) is 0 Å². The average Bonchev–Trinajstić information content (AvgIpc) is 2.68. The van der Waals surface area contributed by atoms with E-state index in [-0.39, 0.29) is 11.3 Å². The van der Waals surface area contributed by atoms with Crippen molar-refractivity contribution in [3.63, 3.8) is 0 Å². The summed E-state index contributed by atoms with van der Waals surface area (Å²) in [5, 5.41) is 4.79. The van der Waals surface area contributed by atoms with E-state index in [9.17, 15) is 14.4 Å². The molecule has 2 amide bonds. The van der Waals surface area contributed by atoms with Gasteiger partial charge in [-0.3, -0.25) is 25.2 Å². The van der Waals surface area contributed by atoms with Crippen LogP contribution < -0.4 is 16.4 Å². The van der Waals surface area contributed by atoms with Gasteiger partial charge in [0.15, 0.2) is 5.69 Å². The normalized spacial score (nSPS) is 10.8. The van der Waals surface area contributed by atoms with E-state index < -0.39 is 11.8 Å². The number of aromatic nitrogens is 2. The Balaban J connectivity index is 1.74. The molecule has 0 atom stereocenters. The summed E-state index contributed by atoms with van der Waals surface area (Å²) in [6.45, 7) is 0. The monoisotopic (exact) mass is 348 g/mol. The highest BCUT2D eigenvalue weighted by atomic mass is 16.2. The first-order valence-corrected chi connectivity index (χ1v) is 7.86. The number of aryl methyl sites for hydroxylation is 1. The van der Waals surface area contributed by atoms with E-state index in [2.05, 4.69) is 16.0 Å². The minimum atomic E-state index is -0.613. The molecule has 2 N–H and O–H groups in total. The molecule has 1 heterocycles. The molecule has 0 aliphatic heterocycles. The Morgan fingerprint density at radius 3 is 2.35 bits per heavy atom. The first kappa shape index (κ1) is 17.1. The fraction of sp³-hybridized carbons (Fsp3) is 0.0526. The number of amides is 2. The molecule has 0 bridgehead atoms. The Bertz CT molecular complexity index is 1060. The van der Waals surface area contributed by atoms with E-state index in [1.807, 2.05) is 30.3 Å². The van der Waals surface area contributed by atoms with Crippen LogP contribution >= 0.6 is 0 Å². The molecule has 0 saturated heterocycles. The van der Waals surface area contributed by atoms with Crippen LogP contribution in [-0.2, 0) is 11.8 Å². The molecule has 2 aromatic carbocycles. The second-order valence-corrected chi connectivity index (χ2v) is 5.51. The van der Waals surface area contributed by atoms with Crippen molar-refractivity contribution in [1.82, 2.24) is 20.6 Å². The van der Waals surface area contributed by atoms with Crippen molar-refractivity contribution in [1.29, 1.82) is 0 Å². The van der Waals surface area contributed by atoms with E-state index in [0.29, 0.717) is 10.8 Å². The van der Waals surface area contributed by atoms with Crippen LogP contribution in [0.3, 0.4) is 0 Å². The molecule has 26 heavy (non-hydrogen) atoms. The van der Waals surface area contributed by atoms with Gasteiger partial charge in [-0.05, 0) is 17.7 Å². The smallest absolute Gasteiger partial charge is 0.268 e. The molecule has 0 saturated carbocycles. The van der Waals surface area contributed by atoms with Crippen LogP contribution in [-0.4, -0.2) is 21.6 Å². The van der Waals surface area contributed by atoms with Crippen molar-refractivity contribution in [2.75, 3.05) is 0 Å². The molecule has 0 unspecified atom stereocenters. The van der Waals surface area contributed by atoms with Crippen molar-refractivity contribution in [3.8, 4) is 0 Å². The number of carbonyl (C=O) groups is 2. The number of hydrogen-bond acceptors (Lipinski definition) is 4. The SMILES string of the molecule is Cn1nc(C(=O)NNC(=O)/C=C\c2ccccc2)c2ccccc2c1=O. The van der Waals surface area contributed by atoms with Crippen molar-refractivity contribution in [2.24, 2.45) is 7.05 Å². The molecule has 0 fully saturated rings. The zero-order chi connectivity index (χ0) is 18.5. The summed E-state index contributed by atoms with van der Waals surface area (Å²) in [4.78, 5) is 36.3. The number of rotatable bonds is 3. The fourth-order valence-electron chi connectivity index (χ4n) is 2.42. The van der Waals surface area contributed by atoms with E-state index in [1.54, 1.807) is 30.3 Å². The minimum absolute atomic E-state index is 0.0510. The van der Waals surface area contributed by atoms with Gasteiger partial charge in [-0.25, -0.2) is 4.68 Å². The lowest BCUT2D eigenvalue weighted by Crippen LogP contribution is -2.42. The van der Waals surface area contributed by atoms with Gasteiger partial charge in [-0.1, -0.05) is 48.5 Å². The number of hydrazine groups is 1. The maximum atomic E-state index is 12.4. The first-order chi connectivity index (χ1) is 12.6. The largest absolute Gasteiger partial charge is 0.290 e.